The fraction of sp³-hybridized carbons (Fsp3) is 0.148. The van der Waals surface area contributed by atoms with Crippen LogP contribution in [-0.4, -0.2) is 27.1 Å². The summed E-state index contributed by atoms with van der Waals surface area (Å²) in [5.74, 6) is -0.187. The molecule has 0 aliphatic heterocycles. The van der Waals surface area contributed by atoms with Gasteiger partial charge in [0.05, 0.1) is 16.3 Å². The van der Waals surface area contributed by atoms with Crippen LogP contribution in [0.4, 0.5) is 5.82 Å². The quantitative estimate of drug-likeness (QED) is 0.286. The van der Waals surface area contributed by atoms with Crippen LogP contribution in [0, 0.1) is 0 Å². The molecule has 0 unspecified atom stereocenters. The number of rotatable bonds is 7. The van der Waals surface area contributed by atoms with Gasteiger partial charge in [-0.1, -0.05) is 60.7 Å². The highest BCUT2D eigenvalue weighted by molar-refractivity contribution is 7.18. The SMILES string of the molecule is C[C@@H](Nc1ncnc2c(-c3ccc(C[C@H](N)C(=O)O)cc3)csc12)c1ccc2ccccc2c1. The number of carboxylic acid groups (broad SMARTS) is 1. The highest BCUT2D eigenvalue weighted by atomic mass is 32.1. The van der Waals surface area contributed by atoms with Gasteiger partial charge in [0.15, 0.2) is 0 Å². The van der Waals surface area contributed by atoms with E-state index in [1.807, 2.05) is 30.3 Å². The van der Waals surface area contributed by atoms with E-state index in [0.717, 1.165) is 32.7 Å². The number of benzene rings is 3. The molecule has 2 heterocycles. The second kappa shape index (κ2) is 9.21. The Balaban J connectivity index is 1.40. The summed E-state index contributed by atoms with van der Waals surface area (Å²) >= 11 is 1.61. The number of nitrogens with zero attached hydrogens (tertiary/aromatic N) is 2. The van der Waals surface area contributed by atoms with E-state index in [0.29, 0.717) is 6.42 Å². The number of anilines is 1. The van der Waals surface area contributed by atoms with E-state index in [1.165, 1.54) is 16.3 Å². The van der Waals surface area contributed by atoms with Gasteiger partial charge in [0.2, 0.25) is 0 Å². The molecule has 4 N–H and O–H groups in total. The number of nitrogens with one attached hydrogen (secondary N) is 1. The molecule has 2 atom stereocenters. The van der Waals surface area contributed by atoms with Gasteiger partial charge in [-0.2, -0.15) is 0 Å². The lowest BCUT2D eigenvalue weighted by Gasteiger charge is -2.16. The van der Waals surface area contributed by atoms with Crippen molar-refractivity contribution in [1.29, 1.82) is 0 Å². The van der Waals surface area contributed by atoms with Crippen LogP contribution in [0.15, 0.2) is 78.4 Å². The van der Waals surface area contributed by atoms with E-state index < -0.39 is 12.0 Å². The number of aromatic nitrogens is 2. The zero-order valence-electron chi connectivity index (χ0n) is 18.6. The second-order valence-electron chi connectivity index (χ2n) is 8.37. The summed E-state index contributed by atoms with van der Waals surface area (Å²) < 4.78 is 1.00. The van der Waals surface area contributed by atoms with Crippen LogP contribution in [0.2, 0.25) is 0 Å². The minimum Gasteiger partial charge on any atom is -0.480 e. The summed E-state index contributed by atoms with van der Waals surface area (Å²) in [4.78, 5) is 20.1. The average Bonchev–Trinajstić information content (AvgIpc) is 3.29. The van der Waals surface area contributed by atoms with Gasteiger partial charge in [0, 0.05) is 10.9 Å². The van der Waals surface area contributed by atoms with Gasteiger partial charge in [-0.15, -0.1) is 11.3 Å². The monoisotopic (exact) mass is 468 g/mol. The van der Waals surface area contributed by atoms with Gasteiger partial charge in [-0.3, -0.25) is 4.79 Å². The van der Waals surface area contributed by atoms with Crippen LogP contribution >= 0.6 is 11.3 Å². The molecule has 0 aliphatic rings. The third-order valence-corrected chi connectivity index (χ3v) is 6.99. The molecule has 5 rings (SSSR count). The molecule has 170 valence electrons. The fourth-order valence-electron chi connectivity index (χ4n) is 4.09. The molecule has 0 fully saturated rings. The first-order valence-electron chi connectivity index (χ1n) is 11.0. The van der Waals surface area contributed by atoms with E-state index in [-0.39, 0.29) is 6.04 Å². The number of hydrogen-bond donors (Lipinski definition) is 3. The number of carboxylic acids is 1. The van der Waals surface area contributed by atoms with Crippen LogP contribution < -0.4 is 11.1 Å². The van der Waals surface area contributed by atoms with Gasteiger partial charge >= 0.3 is 5.97 Å². The normalized spacial score (nSPS) is 13.1. The number of aliphatic carboxylic acids is 1. The Morgan fingerprint density at radius 1 is 1.06 bits per heavy atom. The van der Waals surface area contributed by atoms with E-state index in [1.54, 1.807) is 17.7 Å². The Bertz CT molecular complexity index is 1480. The third-order valence-electron chi connectivity index (χ3n) is 6.02. The number of thiophene rings is 1. The molecule has 7 heteroatoms. The van der Waals surface area contributed by atoms with Gasteiger partial charge in [-0.25, -0.2) is 9.97 Å². The van der Waals surface area contributed by atoms with E-state index in [2.05, 4.69) is 64.0 Å². The van der Waals surface area contributed by atoms with Crippen LogP contribution in [-0.2, 0) is 11.2 Å². The van der Waals surface area contributed by atoms with Gasteiger partial charge in [0.25, 0.3) is 0 Å². The molecular formula is C27H24N4O2S. The predicted molar refractivity (Wildman–Crippen MR) is 138 cm³/mol. The molecular weight excluding hydrogens is 444 g/mol. The van der Waals surface area contributed by atoms with Gasteiger partial charge in [0.1, 0.15) is 18.2 Å². The molecule has 0 saturated heterocycles. The largest absolute Gasteiger partial charge is 0.480 e. The first-order valence-corrected chi connectivity index (χ1v) is 11.9. The first-order chi connectivity index (χ1) is 16.5. The molecule has 0 aliphatic carbocycles. The maximum Gasteiger partial charge on any atom is 0.320 e. The van der Waals surface area contributed by atoms with Gasteiger partial charge < -0.3 is 16.2 Å². The van der Waals surface area contributed by atoms with E-state index in [4.69, 9.17) is 10.8 Å². The Morgan fingerprint density at radius 2 is 1.82 bits per heavy atom. The maximum atomic E-state index is 11.0. The van der Waals surface area contributed by atoms with Crippen molar-refractivity contribution in [3.63, 3.8) is 0 Å². The van der Waals surface area contributed by atoms with Crippen LogP contribution in [0.1, 0.15) is 24.1 Å². The summed E-state index contributed by atoms with van der Waals surface area (Å²) in [5.41, 5.74) is 10.7. The molecule has 0 bridgehead atoms. The number of fused-ring (bicyclic) bond motifs is 2. The molecule has 0 radical (unpaired) electrons. The molecule has 3 aromatic carbocycles. The van der Waals surface area contributed by atoms with Crippen molar-refractivity contribution in [3.8, 4) is 11.1 Å². The van der Waals surface area contributed by atoms with Crippen molar-refractivity contribution in [3.05, 3.63) is 89.6 Å². The van der Waals surface area contributed by atoms with Crippen molar-refractivity contribution in [2.24, 2.45) is 5.73 Å². The average molecular weight is 469 g/mol. The fourth-order valence-corrected chi connectivity index (χ4v) is 5.07. The van der Waals surface area contributed by atoms with E-state index >= 15 is 0 Å². The summed E-state index contributed by atoms with van der Waals surface area (Å²) in [7, 11) is 0. The van der Waals surface area contributed by atoms with Crippen LogP contribution in [0.25, 0.3) is 32.1 Å². The lowest BCUT2D eigenvalue weighted by atomic mass is 10.0. The zero-order chi connectivity index (χ0) is 23.7. The molecule has 6 nitrogen and oxygen atoms in total. The Labute approximate surface area is 201 Å². The summed E-state index contributed by atoms with van der Waals surface area (Å²) in [6, 6.07) is 21.8. The van der Waals surface area contributed by atoms with Crippen molar-refractivity contribution in [1.82, 2.24) is 9.97 Å². The number of hydrogen-bond acceptors (Lipinski definition) is 6. The summed E-state index contributed by atoms with van der Waals surface area (Å²) in [5, 5.41) is 17.1. The summed E-state index contributed by atoms with van der Waals surface area (Å²) in [6.07, 6.45) is 1.89. The second-order valence-corrected chi connectivity index (χ2v) is 9.25. The Morgan fingerprint density at radius 3 is 2.59 bits per heavy atom. The molecule has 0 saturated carbocycles. The molecule has 5 aromatic rings. The highest BCUT2D eigenvalue weighted by Crippen LogP contribution is 2.37. The zero-order valence-corrected chi connectivity index (χ0v) is 19.4. The topological polar surface area (TPSA) is 101 Å². The first kappa shape index (κ1) is 22.0. The van der Waals surface area contributed by atoms with Crippen LogP contribution in [0.5, 0.6) is 0 Å². The van der Waals surface area contributed by atoms with Gasteiger partial charge in [-0.05, 0) is 46.9 Å². The molecule has 2 aromatic heterocycles. The minimum atomic E-state index is -0.998. The van der Waals surface area contributed by atoms with Crippen molar-refractivity contribution >= 4 is 44.1 Å². The van der Waals surface area contributed by atoms with Crippen molar-refractivity contribution in [2.75, 3.05) is 5.32 Å². The van der Waals surface area contributed by atoms with Crippen molar-refractivity contribution < 1.29 is 9.90 Å². The standard InChI is InChI=1S/C27H24N4O2S/c1-16(20-11-10-18-4-2-3-5-21(18)13-20)31-26-25-24(29-15-30-26)22(14-34-25)19-8-6-17(7-9-19)12-23(28)27(32)33/h2-11,13-16,23H,12,28H2,1H3,(H,32,33)(H,29,30,31)/t16-,23+/m1/s1. The highest BCUT2D eigenvalue weighted by Gasteiger charge is 2.16. The van der Waals surface area contributed by atoms with E-state index in [9.17, 15) is 4.79 Å². The Kier molecular flexibility index (Phi) is 5.96. The predicted octanol–water partition coefficient (Wildman–Crippen LogP) is 5.64. The molecule has 34 heavy (non-hydrogen) atoms. The Hall–Kier alpha value is -3.81. The third kappa shape index (κ3) is 4.35. The molecule has 0 spiro atoms. The minimum absolute atomic E-state index is 0.0750. The van der Waals surface area contributed by atoms with Crippen molar-refractivity contribution in [2.45, 2.75) is 25.4 Å². The van der Waals surface area contributed by atoms with Crippen LogP contribution in [0.3, 0.4) is 0 Å². The number of carbonyl (C=O) groups is 1. The molecule has 0 amide bonds. The smallest absolute Gasteiger partial charge is 0.320 e. The maximum absolute atomic E-state index is 11.0. The lowest BCUT2D eigenvalue weighted by molar-refractivity contribution is -0.138. The summed E-state index contributed by atoms with van der Waals surface area (Å²) in [6.45, 7) is 2.13. The number of nitrogens with two attached hydrogens (primary N) is 1. The lowest BCUT2D eigenvalue weighted by Crippen LogP contribution is -2.32.